The number of hydrogen-bond donors (Lipinski definition) is 0. The van der Waals surface area contributed by atoms with Crippen molar-refractivity contribution in [2.75, 3.05) is 0 Å². The highest BCUT2D eigenvalue weighted by Gasteiger charge is 2.31. The highest BCUT2D eigenvalue weighted by molar-refractivity contribution is 7.66. The molecule has 2 atom stereocenters. The van der Waals surface area contributed by atoms with Crippen molar-refractivity contribution in [3.8, 4) is 11.1 Å². The molecule has 6 aromatic rings. The van der Waals surface area contributed by atoms with Crippen LogP contribution in [0.25, 0.3) is 32.7 Å². The van der Waals surface area contributed by atoms with E-state index in [1.54, 1.807) is 0 Å². The van der Waals surface area contributed by atoms with Crippen molar-refractivity contribution in [2.45, 2.75) is 64.2 Å². The van der Waals surface area contributed by atoms with Gasteiger partial charge in [-0.2, -0.15) is 0 Å². The van der Waals surface area contributed by atoms with Gasteiger partial charge in [0.15, 0.2) is 0 Å². The quantitative estimate of drug-likeness (QED) is 0.168. The lowest BCUT2D eigenvalue weighted by Gasteiger charge is -2.33. The van der Waals surface area contributed by atoms with Gasteiger partial charge >= 0.3 is 0 Å². The van der Waals surface area contributed by atoms with Gasteiger partial charge in [-0.1, -0.05) is 126 Å². The molecule has 0 aliphatic carbocycles. The van der Waals surface area contributed by atoms with E-state index in [2.05, 4.69) is 139 Å². The smallest absolute Gasteiger partial charge is 0.0639 e. The lowest BCUT2D eigenvalue weighted by molar-refractivity contribution is 0.784. The van der Waals surface area contributed by atoms with Gasteiger partial charge in [0.05, 0.1) is 10.9 Å². The van der Waals surface area contributed by atoms with E-state index in [4.69, 9.17) is 9.97 Å². The second-order valence-corrected chi connectivity index (χ2v) is 19.5. The fraction of sp³-hybridized carbons (Fsp3) is 0.250. The fourth-order valence-electron chi connectivity index (χ4n) is 6.18. The molecule has 2 aromatic heterocycles. The summed E-state index contributed by atoms with van der Waals surface area (Å²) < 4.78 is 0. The van der Waals surface area contributed by atoms with Crippen molar-refractivity contribution in [3.05, 3.63) is 133 Å². The summed E-state index contributed by atoms with van der Waals surface area (Å²) in [6, 6.07) is 40.1. The first kappa shape index (κ1) is 30.6. The van der Waals surface area contributed by atoms with Crippen LogP contribution in [0.5, 0.6) is 0 Å². The van der Waals surface area contributed by atoms with Crippen LogP contribution >= 0.6 is 15.8 Å². The Hall–Kier alpha value is -3.44. The molecule has 2 nitrogen and oxygen atoms in total. The molecule has 0 aliphatic rings. The average Bonchev–Trinajstić information content (AvgIpc) is 3.02. The Morgan fingerprint density at radius 2 is 0.841 bits per heavy atom. The molecule has 4 aromatic carbocycles. The number of rotatable bonds is 7. The van der Waals surface area contributed by atoms with Crippen LogP contribution in [0.4, 0.5) is 0 Å². The number of benzene rings is 4. The summed E-state index contributed by atoms with van der Waals surface area (Å²) in [7, 11) is -1.15. The molecule has 44 heavy (non-hydrogen) atoms. The predicted molar refractivity (Wildman–Crippen MR) is 195 cm³/mol. The van der Waals surface area contributed by atoms with Gasteiger partial charge in [0.25, 0.3) is 0 Å². The number of pyridine rings is 2. The molecule has 0 saturated carbocycles. The normalized spacial score (nSPS) is 13.7. The molecule has 0 aliphatic heterocycles. The Morgan fingerprint density at radius 3 is 1.20 bits per heavy atom. The summed E-state index contributed by atoms with van der Waals surface area (Å²) in [5.41, 5.74) is 8.02. The van der Waals surface area contributed by atoms with E-state index in [1.165, 1.54) is 54.7 Å². The largest absolute Gasteiger partial charge is 0.257 e. The van der Waals surface area contributed by atoms with E-state index in [0.717, 1.165) is 12.3 Å². The van der Waals surface area contributed by atoms with Gasteiger partial charge < -0.3 is 0 Å². The lowest BCUT2D eigenvalue weighted by atomic mass is 9.88. The molecule has 0 radical (unpaired) electrons. The van der Waals surface area contributed by atoms with Crippen LogP contribution in [-0.2, 0) is 12.3 Å². The third kappa shape index (κ3) is 6.35. The Morgan fingerprint density at radius 1 is 0.455 bits per heavy atom. The topological polar surface area (TPSA) is 25.8 Å². The zero-order chi connectivity index (χ0) is 30.9. The van der Waals surface area contributed by atoms with Crippen molar-refractivity contribution in [1.29, 1.82) is 0 Å². The van der Waals surface area contributed by atoms with Gasteiger partial charge in [0.2, 0.25) is 0 Å². The van der Waals surface area contributed by atoms with E-state index in [9.17, 15) is 0 Å². The highest BCUT2D eigenvalue weighted by Crippen LogP contribution is 2.55. The SMILES string of the molecule is CC(C)(C)P(Cc1ccc2ccccc2c1-c1c(CP(c2ccccn2)C(C)(C)C)ccc2ccccc12)c1ccccn1. The standard InChI is InChI=1S/C40H42N2P2/c1-39(2,3)43(35-19-11-13-25-41-35)27-31-23-21-29-15-7-9-17-33(29)37(31)38-32(24-22-30-16-8-10-18-34(30)38)28-44(40(4,5)6)36-20-12-14-26-42-36/h7-26H,27-28H2,1-6H3. The van der Waals surface area contributed by atoms with E-state index in [1.807, 2.05) is 24.5 Å². The number of hydrogen-bond acceptors (Lipinski definition) is 2. The molecule has 4 heteroatoms. The zero-order valence-electron chi connectivity index (χ0n) is 26.8. The summed E-state index contributed by atoms with van der Waals surface area (Å²) in [6.07, 6.45) is 5.86. The monoisotopic (exact) mass is 612 g/mol. The van der Waals surface area contributed by atoms with Crippen LogP contribution in [0.15, 0.2) is 122 Å². The Labute approximate surface area is 265 Å². The molecule has 0 fully saturated rings. The molecule has 222 valence electrons. The average molecular weight is 613 g/mol. The van der Waals surface area contributed by atoms with Crippen LogP contribution < -0.4 is 10.9 Å². The molecule has 2 unspecified atom stereocenters. The van der Waals surface area contributed by atoms with E-state index in [0.29, 0.717) is 0 Å². The van der Waals surface area contributed by atoms with Crippen LogP contribution in [0.3, 0.4) is 0 Å². The molecule has 0 saturated heterocycles. The molecule has 6 rings (SSSR count). The lowest BCUT2D eigenvalue weighted by Crippen LogP contribution is -2.23. The second-order valence-electron chi connectivity index (χ2n) is 13.5. The van der Waals surface area contributed by atoms with E-state index >= 15 is 0 Å². The number of aromatic nitrogens is 2. The summed E-state index contributed by atoms with van der Waals surface area (Å²) >= 11 is 0. The number of nitrogens with zero attached hydrogens (tertiary/aromatic N) is 2. The van der Waals surface area contributed by atoms with Crippen molar-refractivity contribution >= 4 is 48.3 Å². The Balaban J connectivity index is 1.62. The molecule has 2 heterocycles. The molecular weight excluding hydrogens is 570 g/mol. The summed E-state index contributed by atoms with van der Waals surface area (Å²) in [5.74, 6) is 0. The van der Waals surface area contributed by atoms with Crippen molar-refractivity contribution in [1.82, 2.24) is 9.97 Å². The predicted octanol–water partition coefficient (Wildman–Crippen LogP) is 10.7. The third-order valence-electron chi connectivity index (χ3n) is 8.41. The zero-order valence-corrected chi connectivity index (χ0v) is 28.5. The minimum atomic E-state index is -0.576. The van der Waals surface area contributed by atoms with Crippen LogP contribution in [0.2, 0.25) is 0 Å². The maximum Gasteiger partial charge on any atom is 0.0639 e. The van der Waals surface area contributed by atoms with Crippen LogP contribution in [-0.4, -0.2) is 20.3 Å². The van der Waals surface area contributed by atoms with Gasteiger partial charge in [-0.3, -0.25) is 9.97 Å². The molecular formula is C40H42N2P2. The van der Waals surface area contributed by atoms with Crippen molar-refractivity contribution in [3.63, 3.8) is 0 Å². The van der Waals surface area contributed by atoms with Crippen LogP contribution in [0, 0.1) is 0 Å². The number of fused-ring (bicyclic) bond motifs is 2. The summed E-state index contributed by atoms with van der Waals surface area (Å²) in [5, 5.41) is 5.43. The van der Waals surface area contributed by atoms with Gasteiger partial charge in [-0.25, -0.2) is 0 Å². The maximum atomic E-state index is 4.90. The second kappa shape index (κ2) is 12.5. The minimum absolute atomic E-state index is 0.105. The highest BCUT2D eigenvalue weighted by atomic mass is 31.1. The molecule has 0 N–H and O–H groups in total. The first-order chi connectivity index (χ1) is 21.1. The van der Waals surface area contributed by atoms with Gasteiger partial charge in [-0.05, 0) is 107 Å². The first-order valence-corrected chi connectivity index (χ1v) is 18.6. The fourth-order valence-corrected chi connectivity index (χ4v) is 11.0. The minimum Gasteiger partial charge on any atom is -0.257 e. The molecule has 0 spiro atoms. The summed E-state index contributed by atoms with van der Waals surface area (Å²) in [4.78, 5) is 9.80. The molecule has 0 bridgehead atoms. The van der Waals surface area contributed by atoms with Crippen LogP contribution in [0.1, 0.15) is 52.7 Å². The molecule has 0 amide bonds. The van der Waals surface area contributed by atoms with Gasteiger partial charge in [0, 0.05) is 12.4 Å². The van der Waals surface area contributed by atoms with Crippen molar-refractivity contribution < 1.29 is 0 Å². The summed E-state index contributed by atoms with van der Waals surface area (Å²) in [6.45, 7) is 14.3. The maximum absolute atomic E-state index is 4.90. The third-order valence-corrected chi connectivity index (χ3v) is 14.6. The van der Waals surface area contributed by atoms with Gasteiger partial charge in [-0.15, -0.1) is 0 Å². The van der Waals surface area contributed by atoms with E-state index in [-0.39, 0.29) is 10.3 Å². The Bertz CT molecular complexity index is 1750. The Kier molecular flexibility index (Phi) is 8.70. The first-order valence-electron chi connectivity index (χ1n) is 15.5. The van der Waals surface area contributed by atoms with E-state index < -0.39 is 15.8 Å². The van der Waals surface area contributed by atoms with Gasteiger partial charge in [0.1, 0.15) is 0 Å². The van der Waals surface area contributed by atoms with Crippen molar-refractivity contribution in [2.24, 2.45) is 0 Å².